The summed E-state index contributed by atoms with van der Waals surface area (Å²) in [6, 6.07) is 16.9. The van der Waals surface area contributed by atoms with Crippen LogP contribution < -0.4 is 4.90 Å². The zero-order valence-corrected chi connectivity index (χ0v) is 21.6. The second kappa shape index (κ2) is 13.6. The van der Waals surface area contributed by atoms with Crippen LogP contribution in [0.4, 0.5) is 27.8 Å². The number of carbonyl (C=O) groups excluding carboxylic acids is 1. The van der Waals surface area contributed by atoms with E-state index in [0.29, 0.717) is 40.8 Å². The van der Waals surface area contributed by atoms with E-state index in [2.05, 4.69) is 21.3 Å². The van der Waals surface area contributed by atoms with Gasteiger partial charge in [0.15, 0.2) is 5.00 Å². The summed E-state index contributed by atoms with van der Waals surface area (Å²) in [5.41, 5.74) is 1.96. The number of nitrogens with zero attached hydrogens (tertiary/aromatic N) is 7. The van der Waals surface area contributed by atoms with Crippen LogP contribution in [0.25, 0.3) is 0 Å². The number of thiophene rings is 1. The Hall–Kier alpha value is -4.65. The Morgan fingerprint density at radius 3 is 2.42 bits per heavy atom. The minimum Gasteiger partial charge on any atom is -0.464 e. The van der Waals surface area contributed by atoms with Gasteiger partial charge < -0.3 is 9.64 Å². The van der Waals surface area contributed by atoms with Crippen molar-refractivity contribution in [2.75, 3.05) is 24.6 Å². The van der Waals surface area contributed by atoms with Crippen molar-refractivity contribution in [1.82, 2.24) is 0 Å². The number of aliphatic imine (C=N–C) groups is 1. The van der Waals surface area contributed by atoms with Gasteiger partial charge in [0.25, 0.3) is 5.69 Å². The van der Waals surface area contributed by atoms with Gasteiger partial charge in [0, 0.05) is 37.5 Å². The normalized spacial score (nSPS) is 10.8. The Bertz CT molecular complexity index is 1440. The lowest BCUT2D eigenvalue weighted by atomic mass is 10.2. The van der Waals surface area contributed by atoms with E-state index in [0.717, 1.165) is 17.0 Å². The van der Waals surface area contributed by atoms with E-state index in [9.17, 15) is 20.2 Å². The zero-order valence-electron chi connectivity index (χ0n) is 20.1. The first-order valence-corrected chi connectivity index (χ1v) is 12.3. The Kier molecular flexibility index (Phi) is 10.00. The highest BCUT2D eigenvalue weighted by Gasteiger charge is 2.16. The van der Waals surface area contributed by atoms with Crippen molar-refractivity contribution in [3.63, 3.8) is 0 Å². The minimum absolute atomic E-state index is 0.0440. The Morgan fingerprint density at radius 2 is 1.82 bits per heavy atom. The monoisotopic (exact) mass is 549 g/mol. The molecule has 0 radical (unpaired) electrons. The number of carbonyl (C=O) groups is 1. The highest BCUT2D eigenvalue weighted by Crippen LogP contribution is 2.39. The fourth-order valence-electron chi connectivity index (χ4n) is 3.15. The largest absolute Gasteiger partial charge is 0.464 e. The van der Waals surface area contributed by atoms with Crippen molar-refractivity contribution in [1.29, 1.82) is 10.5 Å². The minimum atomic E-state index is -0.496. The van der Waals surface area contributed by atoms with E-state index in [1.165, 1.54) is 37.4 Å². The van der Waals surface area contributed by atoms with Gasteiger partial charge in [0.05, 0.1) is 45.2 Å². The molecule has 1 aromatic heterocycles. The summed E-state index contributed by atoms with van der Waals surface area (Å²) >= 11 is 7.48. The quantitative estimate of drug-likeness (QED) is 0.0853. The fourth-order valence-corrected chi connectivity index (χ4v) is 4.34. The molecule has 0 aliphatic heterocycles. The van der Waals surface area contributed by atoms with Crippen LogP contribution in [0.2, 0.25) is 5.02 Å². The lowest BCUT2D eigenvalue weighted by molar-refractivity contribution is -0.384. The fraction of sp³-hybridized carbons (Fsp3) is 0.200. The Morgan fingerprint density at radius 1 is 1.13 bits per heavy atom. The molecular formula is C25H20ClN7O4S. The van der Waals surface area contributed by atoms with E-state index in [1.54, 1.807) is 12.1 Å². The van der Waals surface area contributed by atoms with Crippen molar-refractivity contribution < 1.29 is 14.5 Å². The van der Waals surface area contributed by atoms with Crippen LogP contribution in [0.3, 0.4) is 0 Å². The van der Waals surface area contributed by atoms with Crippen LogP contribution in [0.1, 0.15) is 23.8 Å². The molecule has 192 valence electrons. The summed E-state index contributed by atoms with van der Waals surface area (Å²) in [5.74, 6) is -0.368. The lowest BCUT2D eigenvalue weighted by Crippen LogP contribution is -2.28. The number of azo groups is 1. The van der Waals surface area contributed by atoms with E-state index in [4.69, 9.17) is 21.6 Å². The van der Waals surface area contributed by atoms with Gasteiger partial charge in [0.1, 0.15) is 18.2 Å². The van der Waals surface area contributed by atoms with Crippen molar-refractivity contribution >= 4 is 62.9 Å². The second-order valence-corrected chi connectivity index (χ2v) is 8.96. The van der Waals surface area contributed by atoms with Crippen molar-refractivity contribution in [2.24, 2.45) is 15.2 Å². The number of anilines is 1. The highest BCUT2D eigenvalue weighted by molar-refractivity contribution is 7.18. The van der Waals surface area contributed by atoms with Gasteiger partial charge in [-0.15, -0.1) is 21.6 Å². The number of nitriles is 2. The Labute approximate surface area is 227 Å². The number of hydrogen-bond donors (Lipinski definition) is 0. The molecule has 0 N–H and O–H groups in total. The number of rotatable bonds is 11. The molecule has 0 spiro atoms. The third-order valence-corrected chi connectivity index (χ3v) is 6.50. The van der Waals surface area contributed by atoms with Gasteiger partial charge in [-0.25, -0.2) is 0 Å². The molecule has 0 amide bonds. The summed E-state index contributed by atoms with van der Waals surface area (Å²) in [6.45, 7) is 2.45. The first-order valence-electron chi connectivity index (χ1n) is 11.1. The first-order chi connectivity index (χ1) is 18.3. The van der Waals surface area contributed by atoms with Gasteiger partial charge >= 0.3 is 5.97 Å². The average Bonchev–Trinajstić information content (AvgIpc) is 3.22. The molecule has 3 aromatic rings. The Balaban J connectivity index is 1.74. The molecule has 13 heteroatoms. The maximum atomic E-state index is 11.0. The summed E-state index contributed by atoms with van der Waals surface area (Å²) in [4.78, 5) is 28.0. The molecule has 0 fully saturated rings. The van der Waals surface area contributed by atoms with Crippen LogP contribution in [0, 0.1) is 32.8 Å². The molecule has 11 nitrogen and oxygen atoms in total. The molecule has 0 unspecified atom stereocenters. The molecule has 38 heavy (non-hydrogen) atoms. The second-order valence-electron chi connectivity index (χ2n) is 7.56. The number of nitro groups is 1. The maximum Gasteiger partial charge on any atom is 0.302 e. The molecule has 1 heterocycles. The highest BCUT2D eigenvalue weighted by atomic mass is 35.5. The molecule has 3 rings (SSSR count). The number of ether oxygens (including phenoxy) is 1. The van der Waals surface area contributed by atoms with Crippen molar-refractivity contribution in [3.05, 3.63) is 74.1 Å². The van der Waals surface area contributed by atoms with Gasteiger partial charge in [-0.05, 0) is 36.4 Å². The molecule has 0 bridgehead atoms. The number of nitro benzene ring substituents is 1. The number of non-ortho nitro benzene ring substituents is 1. The molecule has 0 aliphatic rings. The summed E-state index contributed by atoms with van der Waals surface area (Å²) in [5, 5.41) is 38.2. The van der Waals surface area contributed by atoms with Gasteiger partial charge in [0.2, 0.25) is 0 Å². The zero-order chi connectivity index (χ0) is 27.5. The van der Waals surface area contributed by atoms with Crippen LogP contribution in [0.15, 0.2) is 63.8 Å². The number of benzene rings is 2. The molecule has 0 saturated carbocycles. The number of esters is 1. The van der Waals surface area contributed by atoms with Gasteiger partial charge in [-0.1, -0.05) is 11.6 Å². The number of halogens is 1. The third-order valence-electron chi connectivity index (χ3n) is 4.99. The van der Waals surface area contributed by atoms with Crippen LogP contribution in [-0.4, -0.2) is 36.8 Å². The molecule has 0 atom stereocenters. The molecular weight excluding hydrogens is 530 g/mol. The summed E-state index contributed by atoms with van der Waals surface area (Å²) in [7, 11) is 0. The van der Waals surface area contributed by atoms with E-state index >= 15 is 0 Å². The smallest absolute Gasteiger partial charge is 0.302 e. The van der Waals surface area contributed by atoms with E-state index < -0.39 is 4.92 Å². The standard InChI is InChI=1S/C25H20ClN7O4S/c1-17(34)37-14-13-32(12-2-11-27)20-7-5-19(6-8-20)30-31-25-22(15-28)24(26)23(38-25)16-29-18-3-9-21(10-4-18)33(35)36/h3-10,16H,2,12-14H2,1H3. The van der Waals surface area contributed by atoms with Crippen LogP contribution in [-0.2, 0) is 9.53 Å². The summed E-state index contributed by atoms with van der Waals surface area (Å²) in [6.07, 6.45) is 1.78. The van der Waals surface area contributed by atoms with Gasteiger partial charge in [-0.3, -0.25) is 19.9 Å². The third kappa shape index (κ3) is 7.67. The van der Waals surface area contributed by atoms with E-state index in [1.807, 2.05) is 23.1 Å². The van der Waals surface area contributed by atoms with Crippen LogP contribution >= 0.6 is 22.9 Å². The first kappa shape index (κ1) is 27.9. The average molecular weight is 550 g/mol. The predicted molar refractivity (Wildman–Crippen MR) is 144 cm³/mol. The maximum absolute atomic E-state index is 11.0. The SMILES string of the molecule is CC(=O)OCCN(CCC#N)c1ccc(N=Nc2sc(C=Nc3ccc([N+](=O)[O-])cc3)c(Cl)c2C#N)cc1. The van der Waals surface area contributed by atoms with Crippen LogP contribution in [0.5, 0.6) is 0 Å². The van der Waals surface area contributed by atoms with E-state index in [-0.39, 0.29) is 28.8 Å². The van der Waals surface area contributed by atoms with Crippen molar-refractivity contribution in [3.8, 4) is 12.1 Å². The predicted octanol–water partition coefficient (Wildman–Crippen LogP) is 6.63. The molecule has 0 aliphatic carbocycles. The summed E-state index contributed by atoms with van der Waals surface area (Å²) < 4.78 is 5.01. The molecule has 0 saturated heterocycles. The molecule has 2 aromatic carbocycles. The van der Waals surface area contributed by atoms with Gasteiger partial charge in [-0.2, -0.15) is 10.5 Å². The number of hydrogen-bond acceptors (Lipinski definition) is 11. The lowest BCUT2D eigenvalue weighted by Gasteiger charge is -2.23. The van der Waals surface area contributed by atoms with Crippen molar-refractivity contribution in [2.45, 2.75) is 13.3 Å². The topological polar surface area (TPSA) is 157 Å².